The van der Waals surface area contributed by atoms with Crippen LogP contribution >= 0.6 is 0 Å². The van der Waals surface area contributed by atoms with Crippen LogP contribution in [0.15, 0.2) is 12.1 Å². The van der Waals surface area contributed by atoms with E-state index in [4.69, 9.17) is 4.74 Å². The Bertz CT molecular complexity index is 903. The summed E-state index contributed by atoms with van der Waals surface area (Å²) in [6, 6.07) is 2.65. The third-order valence-electron chi connectivity index (χ3n) is 6.02. The van der Waals surface area contributed by atoms with Crippen LogP contribution in [0.25, 0.3) is 0 Å². The molecule has 0 aromatic heterocycles. The molecule has 2 heterocycles. The Kier molecular flexibility index (Phi) is 7.08. The summed E-state index contributed by atoms with van der Waals surface area (Å²) < 4.78 is 35.3. The minimum atomic E-state index is -0.792. The summed E-state index contributed by atoms with van der Waals surface area (Å²) in [6.45, 7) is 3.02. The van der Waals surface area contributed by atoms with Gasteiger partial charge in [0.1, 0.15) is 17.6 Å². The number of nitrogens with zero attached hydrogens (tertiary/aromatic N) is 3. The van der Waals surface area contributed by atoms with Crippen LogP contribution < -0.4 is 20.5 Å². The Morgan fingerprint density at radius 1 is 1.18 bits per heavy atom. The summed E-state index contributed by atoms with van der Waals surface area (Å²) in [7, 11) is 0. The fraction of sp³-hybridized carbons (Fsp3) is 0.591. The molecule has 3 aliphatic rings. The molecule has 1 saturated carbocycles. The second-order valence-electron chi connectivity index (χ2n) is 8.71. The predicted molar refractivity (Wildman–Crippen MR) is 117 cm³/mol. The Morgan fingerprint density at radius 3 is 2.58 bits per heavy atom. The van der Waals surface area contributed by atoms with Crippen molar-refractivity contribution in [3.63, 3.8) is 0 Å². The Labute approximate surface area is 191 Å². The van der Waals surface area contributed by atoms with Gasteiger partial charge in [-0.1, -0.05) is 0 Å². The van der Waals surface area contributed by atoms with Gasteiger partial charge in [-0.05, 0) is 26.2 Å². The molecule has 2 aliphatic heterocycles. The van der Waals surface area contributed by atoms with Gasteiger partial charge in [0.05, 0.1) is 25.3 Å². The highest BCUT2D eigenvalue weighted by atomic mass is 19.1. The second kappa shape index (κ2) is 10.0. The van der Waals surface area contributed by atoms with Crippen molar-refractivity contribution in [1.82, 2.24) is 15.8 Å². The van der Waals surface area contributed by atoms with E-state index in [2.05, 4.69) is 10.7 Å². The molecule has 11 heteroatoms. The molecule has 9 nitrogen and oxygen atoms in total. The molecule has 180 valence electrons. The molecule has 2 saturated heterocycles. The molecule has 0 unspecified atom stereocenters. The van der Waals surface area contributed by atoms with Gasteiger partial charge in [-0.15, -0.1) is 0 Å². The largest absolute Gasteiger partial charge is 0.444 e. The number of carbonyl (C=O) groups excluding carboxylic acids is 3. The Balaban J connectivity index is 1.40. The van der Waals surface area contributed by atoms with Crippen molar-refractivity contribution >= 4 is 29.2 Å². The summed E-state index contributed by atoms with van der Waals surface area (Å²) in [5, 5.41) is 4.65. The third-order valence-corrected chi connectivity index (χ3v) is 6.02. The maximum absolute atomic E-state index is 15.0. The van der Waals surface area contributed by atoms with Gasteiger partial charge in [0.2, 0.25) is 0 Å². The van der Waals surface area contributed by atoms with Crippen LogP contribution in [0.3, 0.4) is 0 Å². The summed E-state index contributed by atoms with van der Waals surface area (Å²) in [5.41, 5.74) is 2.90. The monoisotopic (exact) mass is 465 g/mol. The van der Waals surface area contributed by atoms with Crippen LogP contribution in [0, 0.1) is 11.6 Å². The van der Waals surface area contributed by atoms with Crippen LogP contribution in [0.5, 0.6) is 0 Å². The lowest BCUT2D eigenvalue weighted by Gasteiger charge is -2.25. The molecule has 2 N–H and O–H groups in total. The zero-order chi connectivity index (χ0) is 23.5. The molecule has 0 bridgehead atoms. The molecule has 1 atom stereocenters. The number of anilines is 2. The van der Waals surface area contributed by atoms with E-state index in [9.17, 15) is 14.4 Å². The van der Waals surface area contributed by atoms with E-state index in [-0.39, 0.29) is 55.7 Å². The highest BCUT2D eigenvalue weighted by Crippen LogP contribution is 2.31. The van der Waals surface area contributed by atoms with Crippen LogP contribution in [-0.4, -0.2) is 74.2 Å². The van der Waals surface area contributed by atoms with Crippen molar-refractivity contribution in [2.45, 2.75) is 44.8 Å². The predicted octanol–water partition coefficient (Wildman–Crippen LogP) is 1.56. The maximum atomic E-state index is 15.0. The first kappa shape index (κ1) is 23.4. The van der Waals surface area contributed by atoms with E-state index in [1.165, 1.54) is 16.8 Å². The summed E-state index contributed by atoms with van der Waals surface area (Å²) >= 11 is 0. The lowest BCUT2D eigenvalue weighted by Crippen LogP contribution is -2.47. The van der Waals surface area contributed by atoms with Gasteiger partial charge in [0, 0.05) is 44.2 Å². The topological polar surface area (TPSA) is 94.2 Å². The number of hydrogen-bond acceptors (Lipinski definition) is 7. The molecule has 3 fully saturated rings. The van der Waals surface area contributed by atoms with Crippen LogP contribution in [-0.2, 0) is 14.3 Å². The highest BCUT2D eigenvalue weighted by Gasteiger charge is 2.34. The van der Waals surface area contributed by atoms with E-state index >= 15 is 8.78 Å². The summed E-state index contributed by atoms with van der Waals surface area (Å²) in [4.78, 5) is 38.5. The Morgan fingerprint density at radius 2 is 1.91 bits per heavy atom. The average molecular weight is 466 g/mol. The SMILES string of the molecule is CC(=O)CC[C@H]1CN(c2cc(F)c(N3CCNN(C(=O)CNC4CC4)CC3)c(F)c2)C(=O)O1. The number of carbonyl (C=O) groups is 3. The van der Waals surface area contributed by atoms with E-state index in [0.29, 0.717) is 25.6 Å². The van der Waals surface area contributed by atoms with Crippen molar-refractivity contribution < 1.29 is 27.9 Å². The zero-order valence-corrected chi connectivity index (χ0v) is 18.6. The van der Waals surface area contributed by atoms with Gasteiger partial charge < -0.3 is 19.7 Å². The van der Waals surface area contributed by atoms with E-state index in [0.717, 1.165) is 25.0 Å². The van der Waals surface area contributed by atoms with Gasteiger partial charge in [-0.25, -0.2) is 19.0 Å². The minimum Gasteiger partial charge on any atom is -0.444 e. The number of amides is 2. The number of halogens is 2. The van der Waals surface area contributed by atoms with Gasteiger partial charge in [0.15, 0.2) is 11.6 Å². The van der Waals surface area contributed by atoms with Crippen molar-refractivity contribution in [3.05, 3.63) is 23.8 Å². The molecular weight excluding hydrogens is 436 g/mol. The fourth-order valence-corrected chi connectivity index (χ4v) is 4.04. The van der Waals surface area contributed by atoms with Crippen molar-refractivity contribution in [1.29, 1.82) is 0 Å². The van der Waals surface area contributed by atoms with E-state index in [1.54, 1.807) is 4.90 Å². The normalized spacial score (nSPS) is 21.2. The van der Waals surface area contributed by atoms with Gasteiger partial charge in [-0.2, -0.15) is 0 Å². The maximum Gasteiger partial charge on any atom is 0.414 e. The molecule has 1 aliphatic carbocycles. The first-order chi connectivity index (χ1) is 15.8. The number of Topliss-reactive ketones (excluding diaryl/α,β-unsaturated/α-hetero) is 1. The zero-order valence-electron chi connectivity index (χ0n) is 18.6. The number of nitrogens with one attached hydrogen (secondary N) is 2. The molecule has 2 amide bonds. The number of hydrazine groups is 1. The van der Waals surface area contributed by atoms with Crippen LogP contribution in [0.2, 0.25) is 0 Å². The number of hydrogen-bond donors (Lipinski definition) is 2. The van der Waals surface area contributed by atoms with Crippen LogP contribution in [0.1, 0.15) is 32.6 Å². The minimum absolute atomic E-state index is 0.0164. The summed E-state index contributed by atoms with van der Waals surface area (Å²) in [6.07, 6.45) is 1.61. The molecule has 0 radical (unpaired) electrons. The summed E-state index contributed by atoms with van der Waals surface area (Å²) in [5.74, 6) is -1.70. The quantitative estimate of drug-likeness (QED) is 0.602. The third kappa shape index (κ3) is 5.77. The average Bonchev–Trinajstić information content (AvgIpc) is 3.55. The smallest absolute Gasteiger partial charge is 0.414 e. The second-order valence-corrected chi connectivity index (χ2v) is 8.71. The van der Waals surface area contributed by atoms with Crippen molar-refractivity contribution in [3.8, 4) is 0 Å². The highest BCUT2D eigenvalue weighted by molar-refractivity contribution is 5.90. The standard InChI is InChI=1S/C22H29F2N5O4/c1-14(30)2-5-17-13-28(22(32)33-17)16-10-18(23)21(19(24)11-16)27-7-6-26-29(9-8-27)20(31)12-25-15-3-4-15/h10-11,15,17,25-26H,2-9,12-13H2,1H3/t17-/m0/s1. The number of rotatable bonds is 8. The molecule has 1 aromatic carbocycles. The lowest BCUT2D eigenvalue weighted by molar-refractivity contribution is -0.133. The van der Waals surface area contributed by atoms with Crippen LogP contribution in [0.4, 0.5) is 25.0 Å². The van der Waals surface area contributed by atoms with E-state index < -0.39 is 23.8 Å². The lowest BCUT2D eigenvalue weighted by atomic mass is 10.1. The molecule has 1 aromatic rings. The Hall–Kier alpha value is -2.79. The molecule has 4 rings (SSSR count). The molecule has 0 spiro atoms. The first-order valence-corrected chi connectivity index (χ1v) is 11.3. The van der Waals surface area contributed by atoms with Gasteiger partial charge in [-0.3, -0.25) is 14.7 Å². The van der Waals surface area contributed by atoms with Gasteiger partial charge in [0.25, 0.3) is 5.91 Å². The first-order valence-electron chi connectivity index (χ1n) is 11.3. The van der Waals surface area contributed by atoms with Crippen molar-refractivity contribution in [2.75, 3.05) is 49.1 Å². The van der Waals surface area contributed by atoms with Gasteiger partial charge >= 0.3 is 6.09 Å². The molecule has 33 heavy (non-hydrogen) atoms. The van der Waals surface area contributed by atoms with E-state index in [1.807, 2.05) is 0 Å². The fourth-order valence-electron chi connectivity index (χ4n) is 4.04. The number of benzene rings is 1. The number of ketones is 1. The molecular formula is C22H29F2N5O4. The number of ether oxygens (including phenoxy) is 1. The number of cyclic esters (lactones) is 1. The van der Waals surface area contributed by atoms with Crippen molar-refractivity contribution in [2.24, 2.45) is 0 Å².